The minimum Gasteiger partial charge on any atom is -0.342 e. The molecule has 2 aliphatic rings. The van der Waals surface area contributed by atoms with Crippen LogP contribution in [-0.2, 0) is 4.79 Å². The third-order valence-electron chi connectivity index (χ3n) is 5.59. The zero-order valence-corrected chi connectivity index (χ0v) is 18.1. The number of amides is 3. The van der Waals surface area contributed by atoms with Gasteiger partial charge in [0.25, 0.3) is 0 Å². The highest BCUT2D eigenvalue weighted by Gasteiger charge is 2.29. The lowest BCUT2D eigenvalue weighted by molar-refractivity contribution is -0.137. The maximum Gasteiger partial charge on any atom is 0.319 e. The van der Waals surface area contributed by atoms with E-state index in [1.807, 2.05) is 17.0 Å². The minimum absolute atomic E-state index is 0.0943. The van der Waals surface area contributed by atoms with E-state index in [0.717, 1.165) is 55.1 Å². The maximum atomic E-state index is 12.7. The second-order valence-electron chi connectivity index (χ2n) is 7.61. The van der Waals surface area contributed by atoms with Crippen molar-refractivity contribution >= 4 is 41.0 Å². The first-order valence-corrected chi connectivity index (χ1v) is 11.7. The molecule has 1 aromatic rings. The molecule has 3 rings (SSSR count). The molecule has 1 aliphatic heterocycles. The van der Waals surface area contributed by atoms with Gasteiger partial charge in [-0.3, -0.25) is 4.79 Å². The minimum atomic E-state index is -0.211. The fourth-order valence-electron chi connectivity index (χ4n) is 4.08. The number of halogens is 1. The van der Waals surface area contributed by atoms with Crippen molar-refractivity contribution in [3.63, 3.8) is 0 Å². The van der Waals surface area contributed by atoms with Crippen LogP contribution >= 0.6 is 23.4 Å². The van der Waals surface area contributed by atoms with Crippen LogP contribution < -0.4 is 10.6 Å². The monoisotopic (exact) mass is 423 g/mol. The molecule has 0 atom stereocenters. The van der Waals surface area contributed by atoms with Gasteiger partial charge < -0.3 is 15.5 Å². The number of carbonyl (C=O) groups excluding carboxylic acids is 2. The second-order valence-corrected chi connectivity index (χ2v) is 9.35. The molecule has 1 aliphatic carbocycles. The molecule has 2 N–H and O–H groups in total. The number of urea groups is 1. The highest BCUT2D eigenvalue weighted by molar-refractivity contribution is 7.99. The molecule has 3 amide bonds. The summed E-state index contributed by atoms with van der Waals surface area (Å²) >= 11 is 7.75. The predicted molar refractivity (Wildman–Crippen MR) is 116 cm³/mol. The van der Waals surface area contributed by atoms with Gasteiger partial charge in [-0.2, -0.15) is 0 Å². The Morgan fingerprint density at radius 1 is 1.14 bits per heavy atom. The molecule has 154 valence electrons. The number of anilines is 1. The largest absolute Gasteiger partial charge is 0.342 e. The molecule has 0 unspecified atom stereocenters. The molecule has 2 fully saturated rings. The zero-order valence-electron chi connectivity index (χ0n) is 16.5. The Balaban J connectivity index is 1.47. The van der Waals surface area contributed by atoms with Crippen molar-refractivity contribution in [2.45, 2.75) is 62.8 Å². The van der Waals surface area contributed by atoms with E-state index in [4.69, 9.17) is 11.6 Å². The fourth-order valence-corrected chi connectivity index (χ4v) is 4.99. The van der Waals surface area contributed by atoms with Gasteiger partial charge >= 0.3 is 6.03 Å². The number of likely N-dealkylation sites (tertiary alicyclic amines) is 1. The number of hydrogen-bond donors (Lipinski definition) is 2. The number of thioether (sulfide) groups is 1. The first-order chi connectivity index (χ1) is 13.6. The van der Waals surface area contributed by atoms with Crippen molar-refractivity contribution in [1.82, 2.24) is 10.2 Å². The molecule has 0 radical (unpaired) electrons. The van der Waals surface area contributed by atoms with Gasteiger partial charge in [0, 0.05) is 35.0 Å². The topological polar surface area (TPSA) is 61.4 Å². The lowest BCUT2D eigenvalue weighted by atomic mass is 9.87. The summed E-state index contributed by atoms with van der Waals surface area (Å²) in [6.45, 7) is 3.54. The van der Waals surface area contributed by atoms with E-state index in [1.165, 1.54) is 19.3 Å². The van der Waals surface area contributed by atoms with Crippen molar-refractivity contribution in [3.8, 4) is 0 Å². The Bertz CT molecular complexity index is 686. The van der Waals surface area contributed by atoms with Crippen molar-refractivity contribution < 1.29 is 9.59 Å². The van der Waals surface area contributed by atoms with Gasteiger partial charge in [-0.15, -0.1) is 11.8 Å². The van der Waals surface area contributed by atoms with Crippen LogP contribution in [0.15, 0.2) is 23.1 Å². The lowest BCUT2D eigenvalue weighted by Crippen LogP contribution is -2.49. The normalized spacial score (nSPS) is 18.7. The van der Waals surface area contributed by atoms with E-state index in [-0.39, 0.29) is 18.0 Å². The Kier molecular flexibility index (Phi) is 7.91. The van der Waals surface area contributed by atoms with Crippen molar-refractivity contribution in [2.75, 3.05) is 24.2 Å². The Labute approximate surface area is 177 Å². The second kappa shape index (κ2) is 10.4. The number of carbonyl (C=O) groups is 2. The molecular weight excluding hydrogens is 394 g/mol. The van der Waals surface area contributed by atoms with Gasteiger partial charge in [-0.25, -0.2) is 4.79 Å². The summed E-state index contributed by atoms with van der Waals surface area (Å²) in [6.07, 6.45) is 7.30. The highest BCUT2D eigenvalue weighted by atomic mass is 35.5. The zero-order chi connectivity index (χ0) is 19.9. The molecule has 5 nitrogen and oxygen atoms in total. The maximum absolute atomic E-state index is 12.7. The summed E-state index contributed by atoms with van der Waals surface area (Å²) < 4.78 is 0. The molecule has 28 heavy (non-hydrogen) atoms. The number of nitrogens with zero attached hydrogens (tertiary/aromatic N) is 1. The van der Waals surface area contributed by atoms with E-state index >= 15 is 0 Å². The summed E-state index contributed by atoms with van der Waals surface area (Å²) in [4.78, 5) is 28.1. The molecule has 1 heterocycles. The smallest absolute Gasteiger partial charge is 0.319 e. The number of benzene rings is 1. The van der Waals surface area contributed by atoms with Gasteiger partial charge in [-0.05, 0) is 49.6 Å². The van der Waals surface area contributed by atoms with E-state index in [2.05, 4.69) is 17.6 Å². The van der Waals surface area contributed by atoms with Gasteiger partial charge in [0.1, 0.15) is 0 Å². The van der Waals surface area contributed by atoms with Crippen molar-refractivity contribution in [2.24, 2.45) is 5.92 Å². The number of piperidine rings is 1. The first-order valence-electron chi connectivity index (χ1n) is 10.4. The predicted octanol–water partition coefficient (Wildman–Crippen LogP) is 5.14. The average molecular weight is 424 g/mol. The van der Waals surface area contributed by atoms with Crippen LogP contribution in [0.1, 0.15) is 51.9 Å². The summed E-state index contributed by atoms with van der Waals surface area (Å²) in [5.41, 5.74) is 0.738. The molecule has 0 aromatic heterocycles. The Morgan fingerprint density at radius 2 is 1.86 bits per heavy atom. The third-order valence-corrected chi connectivity index (χ3v) is 6.78. The Morgan fingerprint density at radius 3 is 2.54 bits per heavy atom. The van der Waals surface area contributed by atoms with Gasteiger partial charge in [0.2, 0.25) is 5.91 Å². The standard InChI is InChI=1S/C21H30ClN3O2S/c1-2-28-19-9-8-16(22)14-18(19)24-21(27)23-17-10-12-25(13-11-17)20(26)15-6-4-3-5-7-15/h8-9,14-15,17H,2-7,10-13H2,1H3,(H2,23,24,27). The molecular formula is C21H30ClN3O2S. The van der Waals surface area contributed by atoms with Crippen LogP contribution in [0.2, 0.25) is 5.02 Å². The van der Waals surface area contributed by atoms with Crippen LogP contribution in [0.25, 0.3) is 0 Å². The van der Waals surface area contributed by atoms with E-state index < -0.39 is 0 Å². The average Bonchev–Trinajstić information content (AvgIpc) is 2.71. The summed E-state index contributed by atoms with van der Waals surface area (Å²) in [6, 6.07) is 5.43. The van der Waals surface area contributed by atoms with Crippen LogP contribution in [0.3, 0.4) is 0 Å². The van der Waals surface area contributed by atoms with Crippen LogP contribution in [0.5, 0.6) is 0 Å². The van der Waals surface area contributed by atoms with Crippen LogP contribution in [0, 0.1) is 5.92 Å². The van der Waals surface area contributed by atoms with Crippen LogP contribution in [0.4, 0.5) is 10.5 Å². The van der Waals surface area contributed by atoms with Crippen molar-refractivity contribution in [1.29, 1.82) is 0 Å². The Hall–Kier alpha value is -1.40. The van der Waals surface area contributed by atoms with Gasteiger partial charge in [0.05, 0.1) is 5.69 Å². The number of hydrogen-bond acceptors (Lipinski definition) is 3. The summed E-state index contributed by atoms with van der Waals surface area (Å²) in [7, 11) is 0. The molecule has 0 spiro atoms. The highest BCUT2D eigenvalue weighted by Crippen LogP contribution is 2.30. The molecule has 7 heteroatoms. The quantitative estimate of drug-likeness (QED) is 0.644. The lowest BCUT2D eigenvalue weighted by Gasteiger charge is -2.35. The van der Waals surface area contributed by atoms with E-state index in [1.54, 1.807) is 17.8 Å². The third kappa shape index (κ3) is 5.80. The fraction of sp³-hybridized carbons (Fsp3) is 0.619. The van der Waals surface area contributed by atoms with E-state index in [9.17, 15) is 9.59 Å². The number of nitrogens with one attached hydrogen (secondary N) is 2. The van der Waals surface area contributed by atoms with E-state index in [0.29, 0.717) is 10.9 Å². The summed E-state index contributed by atoms with van der Waals surface area (Å²) in [5.74, 6) is 1.47. The van der Waals surface area contributed by atoms with Crippen LogP contribution in [-0.4, -0.2) is 41.7 Å². The first kappa shape index (κ1) is 21.3. The summed E-state index contributed by atoms with van der Waals surface area (Å²) in [5, 5.41) is 6.59. The van der Waals surface area contributed by atoms with Gasteiger partial charge in [0.15, 0.2) is 0 Å². The SMILES string of the molecule is CCSc1ccc(Cl)cc1NC(=O)NC1CCN(C(=O)C2CCCCC2)CC1. The molecule has 1 saturated carbocycles. The molecule has 0 bridgehead atoms. The number of rotatable bonds is 5. The van der Waals surface area contributed by atoms with Gasteiger partial charge in [-0.1, -0.05) is 37.8 Å². The van der Waals surface area contributed by atoms with Crippen molar-refractivity contribution in [3.05, 3.63) is 23.2 Å². The molecule has 1 aromatic carbocycles. The molecule has 1 saturated heterocycles.